The molecule has 1 unspecified atom stereocenters. The zero-order chi connectivity index (χ0) is 23.7. The Kier molecular flexibility index (Phi) is 6.60. The van der Waals surface area contributed by atoms with Crippen LogP contribution < -0.4 is 24.4 Å². The second-order valence-electron chi connectivity index (χ2n) is 8.24. The van der Waals surface area contributed by atoms with E-state index < -0.39 is 0 Å². The average Bonchev–Trinajstić information content (AvgIpc) is 3.14. The molecule has 33 heavy (non-hydrogen) atoms. The zero-order valence-electron chi connectivity index (χ0n) is 19.9. The Labute approximate surface area is 197 Å². The summed E-state index contributed by atoms with van der Waals surface area (Å²) in [6, 6.07) is 3.84. The molecule has 0 aliphatic carbocycles. The van der Waals surface area contributed by atoms with Crippen molar-refractivity contribution in [2.45, 2.75) is 46.1 Å². The molecule has 0 bridgehead atoms. The van der Waals surface area contributed by atoms with Crippen LogP contribution in [0.3, 0.4) is 0 Å². The first-order chi connectivity index (χ1) is 15.9. The van der Waals surface area contributed by atoms with E-state index in [2.05, 4.69) is 22.1 Å². The van der Waals surface area contributed by atoms with Gasteiger partial charge in [0, 0.05) is 30.4 Å². The van der Waals surface area contributed by atoms with Crippen LogP contribution in [0.5, 0.6) is 17.2 Å². The number of carbonyl (C=O) groups excluding carboxylic acids is 1. The van der Waals surface area contributed by atoms with Crippen LogP contribution in [0.25, 0.3) is 10.2 Å². The van der Waals surface area contributed by atoms with Gasteiger partial charge < -0.3 is 24.4 Å². The number of benzene rings is 1. The van der Waals surface area contributed by atoms with E-state index in [9.17, 15) is 4.79 Å². The van der Waals surface area contributed by atoms with Gasteiger partial charge in [0.25, 0.3) is 5.91 Å². The van der Waals surface area contributed by atoms with Gasteiger partial charge in [-0.1, -0.05) is 0 Å². The number of anilines is 2. The minimum atomic E-state index is -0.208. The third-order valence-electron chi connectivity index (χ3n) is 6.09. The zero-order valence-corrected chi connectivity index (χ0v) is 20.8. The van der Waals surface area contributed by atoms with Crippen LogP contribution in [0.4, 0.5) is 11.5 Å². The molecular formula is C24H30N4O4S. The predicted molar refractivity (Wildman–Crippen MR) is 132 cm³/mol. The van der Waals surface area contributed by atoms with E-state index in [1.807, 2.05) is 13.8 Å². The van der Waals surface area contributed by atoms with Gasteiger partial charge in [0.1, 0.15) is 16.5 Å². The van der Waals surface area contributed by atoms with Crippen molar-refractivity contribution in [2.75, 3.05) is 38.1 Å². The van der Waals surface area contributed by atoms with Crippen molar-refractivity contribution in [3.8, 4) is 17.2 Å². The summed E-state index contributed by atoms with van der Waals surface area (Å²) in [5, 5.41) is 3.94. The summed E-state index contributed by atoms with van der Waals surface area (Å²) < 4.78 is 16.2. The number of piperidine rings is 1. The van der Waals surface area contributed by atoms with Crippen LogP contribution in [-0.4, -0.2) is 49.8 Å². The number of methoxy groups -OCH3 is 3. The smallest absolute Gasteiger partial charge is 0.266 e. The molecule has 1 fully saturated rings. The number of thiophene rings is 1. The Morgan fingerprint density at radius 1 is 1.09 bits per heavy atom. The number of nitrogens with one attached hydrogen (secondary N) is 1. The second-order valence-corrected chi connectivity index (χ2v) is 9.24. The number of hydrogen-bond donors (Lipinski definition) is 1. The van der Waals surface area contributed by atoms with Crippen molar-refractivity contribution >= 4 is 39.0 Å². The summed E-state index contributed by atoms with van der Waals surface area (Å²) in [7, 11) is 4.63. The highest BCUT2D eigenvalue weighted by Gasteiger charge is 2.27. The highest BCUT2D eigenvalue weighted by Crippen LogP contribution is 2.41. The Hall–Kier alpha value is -3.07. The molecule has 2 aromatic heterocycles. The van der Waals surface area contributed by atoms with Gasteiger partial charge in [-0.3, -0.25) is 4.79 Å². The fourth-order valence-electron chi connectivity index (χ4n) is 4.40. The lowest BCUT2D eigenvalue weighted by molar-refractivity contribution is 0.103. The first-order valence-corrected chi connectivity index (χ1v) is 11.8. The molecule has 3 aromatic rings. The molecular weight excluding hydrogens is 440 g/mol. The lowest BCUT2D eigenvalue weighted by atomic mass is 10.0. The highest BCUT2D eigenvalue weighted by molar-refractivity contribution is 7.20. The van der Waals surface area contributed by atoms with E-state index in [4.69, 9.17) is 19.2 Å². The number of amides is 1. The molecule has 1 saturated heterocycles. The molecule has 3 heterocycles. The van der Waals surface area contributed by atoms with Gasteiger partial charge in [-0.25, -0.2) is 9.97 Å². The fraction of sp³-hybridized carbons (Fsp3) is 0.458. The van der Waals surface area contributed by atoms with Gasteiger partial charge in [0.05, 0.1) is 31.6 Å². The number of fused-ring (bicyclic) bond motifs is 1. The van der Waals surface area contributed by atoms with Crippen molar-refractivity contribution in [3.63, 3.8) is 0 Å². The number of aromatic nitrogens is 2. The van der Waals surface area contributed by atoms with Crippen molar-refractivity contribution in [1.29, 1.82) is 0 Å². The molecule has 1 aliphatic rings. The Bertz CT molecular complexity index is 1170. The number of aryl methyl sites for hydroxylation is 2. The van der Waals surface area contributed by atoms with Gasteiger partial charge in [-0.15, -0.1) is 11.3 Å². The molecule has 1 N–H and O–H groups in total. The number of ether oxygens (including phenoxy) is 3. The number of carbonyl (C=O) groups is 1. The van der Waals surface area contributed by atoms with Gasteiger partial charge in [0.15, 0.2) is 11.5 Å². The molecule has 176 valence electrons. The first kappa shape index (κ1) is 23.1. The summed E-state index contributed by atoms with van der Waals surface area (Å²) in [5.41, 5.74) is 1.45. The third-order valence-corrected chi connectivity index (χ3v) is 7.27. The third kappa shape index (κ3) is 4.29. The molecule has 1 amide bonds. The Balaban J connectivity index is 1.73. The van der Waals surface area contributed by atoms with E-state index in [1.54, 1.807) is 33.5 Å². The highest BCUT2D eigenvalue weighted by atomic mass is 32.1. The fourth-order valence-corrected chi connectivity index (χ4v) is 5.52. The summed E-state index contributed by atoms with van der Waals surface area (Å²) in [5.74, 6) is 2.87. The van der Waals surface area contributed by atoms with Gasteiger partial charge in [-0.05, 0) is 45.6 Å². The topological polar surface area (TPSA) is 85.8 Å². The van der Waals surface area contributed by atoms with Crippen LogP contribution in [0.2, 0.25) is 0 Å². The van der Waals surface area contributed by atoms with E-state index >= 15 is 0 Å². The van der Waals surface area contributed by atoms with Crippen LogP contribution in [0.15, 0.2) is 12.1 Å². The maximum absolute atomic E-state index is 13.3. The standard InChI is InChI=1S/C24H30N4O4S/c1-13-9-7-8-10-28(13)22-19-14(2)21(33-24(19)26-15(3)25-22)23(29)27-16-11-17(30-4)20(32-6)18(12-16)31-5/h11-13H,7-10H2,1-6H3,(H,27,29). The Morgan fingerprint density at radius 2 is 1.79 bits per heavy atom. The van der Waals surface area contributed by atoms with Crippen LogP contribution >= 0.6 is 11.3 Å². The molecule has 1 atom stereocenters. The summed E-state index contributed by atoms with van der Waals surface area (Å²) >= 11 is 1.40. The quantitative estimate of drug-likeness (QED) is 0.545. The van der Waals surface area contributed by atoms with Crippen molar-refractivity contribution < 1.29 is 19.0 Å². The number of nitrogens with zero attached hydrogens (tertiary/aromatic N) is 3. The summed E-state index contributed by atoms with van der Waals surface area (Å²) in [6.07, 6.45) is 3.52. The van der Waals surface area contributed by atoms with Gasteiger partial charge in [-0.2, -0.15) is 0 Å². The van der Waals surface area contributed by atoms with Crippen molar-refractivity contribution in [1.82, 2.24) is 9.97 Å². The maximum Gasteiger partial charge on any atom is 0.266 e. The van der Waals surface area contributed by atoms with E-state index in [0.717, 1.165) is 41.0 Å². The molecule has 1 aromatic carbocycles. The van der Waals surface area contributed by atoms with Gasteiger partial charge in [0.2, 0.25) is 5.75 Å². The van der Waals surface area contributed by atoms with Crippen LogP contribution in [0, 0.1) is 13.8 Å². The van der Waals surface area contributed by atoms with Crippen molar-refractivity contribution in [2.24, 2.45) is 0 Å². The second kappa shape index (κ2) is 9.43. The molecule has 0 radical (unpaired) electrons. The largest absolute Gasteiger partial charge is 0.493 e. The number of hydrogen-bond acceptors (Lipinski definition) is 8. The monoisotopic (exact) mass is 470 g/mol. The van der Waals surface area contributed by atoms with Crippen LogP contribution in [-0.2, 0) is 0 Å². The van der Waals surface area contributed by atoms with Crippen molar-refractivity contribution in [3.05, 3.63) is 28.4 Å². The molecule has 1 aliphatic heterocycles. The lowest BCUT2D eigenvalue weighted by Crippen LogP contribution is -2.38. The normalized spacial score (nSPS) is 16.1. The average molecular weight is 471 g/mol. The van der Waals surface area contributed by atoms with E-state index in [-0.39, 0.29) is 5.91 Å². The SMILES string of the molecule is COc1cc(NC(=O)c2sc3nc(C)nc(N4CCCCC4C)c3c2C)cc(OC)c1OC. The summed E-state index contributed by atoms with van der Waals surface area (Å²) in [4.78, 5) is 26.6. The van der Waals surface area contributed by atoms with E-state index in [0.29, 0.717) is 39.7 Å². The predicted octanol–water partition coefficient (Wildman–Crippen LogP) is 4.97. The first-order valence-electron chi connectivity index (χ1n) is 11.0. The maximum atomic E-state index is 13.3. The molecule has 0 saturated carbocycles. The number of rotatable bonds is 6. The lowest BCUT2D eigenvalue weighted by Gasteiger charge is -2.35. The van der Waals surface area contributed by atoms with E-state index in [1.165, 1.54) is 17.8 Å². The minimum Gasteiger partial charge on any atom is -0.493 e. The van der Waals surface area contributed by atoms with Gasteiger partial charge >= 0.3 is 0 Å². The molecule has 4 rings (SSSR count). The molecule has 8 nitrogen and oxygen atoms in total. The minimum absolute atomic E-state index is 0.208. The molecule has 0 spiro atoms. The summed E-state index contributed by atoms with van der Waals surface area (Å²) in [6.45, 7) is 7.08. The Morgan fingerprint density at radius 3 is 2.39 bits per heavy atom. The van der Waals surface area contributed by atoms with Crippen LogP contribution in [0.1, 0.15) is 47.2 Å². The molecule has 9 heteroatoms.